The van der Waals surface area contributed by atoms with Gasteiger partial charge in [0.15, 0.2) is 0 Å². The zero-order valence-corrected chi connectivity index (χ0v) is 25.4. The molecule has 0 fully saturated rings. The predicted molar refractivity (Wildman–Crippen MR) is 169 cm³/mol. The largest absolute Gasteiger partial charge is 0.491 e. The minimum absolute atomic E-state index is 0.0376. The van der Waals surface area contributed by atoms with Crippen LogP contribution in [0.1, 0.15) is 30.4 Å². The van der Waals surface area contributed by atoms with Crippen LogP contribution in [0.2, 0.25) is 0 Å². The van der Waals surface area contributed by atoms with Crippen molar-refractivity contribution in [3.63, 3.8) is 0 Å². The fourth-order valence-electron chi connectivity index (χ4n) is 4.01. The zero-order chi connectivity index (χ0) is 31.5. The molecule has 0 aliphatic rings. The van der Waals surface area contributed by atoms with Gasteiger partial charge in [0, 0.05) is 17.7 Å². The fourth-order valence-corrected chi connectivity index (χ4v) is 4.89. The maximum Gasteiger partial charge on any atom is 0.328 e. The number of esters is 1. The van der Waals surface area contributed by atoms with Crippen molar-refractivity contribution in [1.82, 2.24) is 16.0 Å². The number of para-hydroxylation sites is 1. The molecule has 11 nitrogen and oxygen atoms in total. The molecule has 0 aromatic heterocycles. The second-order valence-electron chi connectivity index (χ2n) is 9.68. The average molecular weight is 614 g/mol. The summed E-state index contributed by atoms with van der Waals surface area (Å²) in [5.41, 5.74) is 13.2. The Balaban J connectivity index is 1.96. The standard InChI is InChI=1S/C31H43N5O6S/c1-3-23-13-7-8-15-27(23)42-18-17-34-28(37)21-43-20-26(36-29(38)24(33)14-9-10-16-32)30(39)35-25(31(40)41-2)19-22-11-5-4-6-12-22/h3-8,11-13,15,24-26H,1,9-10,14,16-21,32-33H2,2H3,(H,34,37)(H,35,39)(H,36,38)/t24-,25-,26-/m0/s1. The Morgan fingerprint density at radius 2 is 1.67 bits per heavy atom. The highest BCUT2D eigenvalue weighted by molar-refractivity contribution is 8.00. The third-order valence-corrected chi connectivity index (χ3v) is 7.40. The number of benzene rings is 2. The van der Waals surface area contributed by atoms with E-state index in [1.165, 1.54) is 7.11 Å². The number of amides is 3. The first-order valence-electron chi connectivity index (χ1n) is 14.2. The normalized spacial score (nSPS) is 12.7. The zero-order valence-electron chi connectivity index (χ0n) is 24.6. The number of carbonyl (C=O) groups excluding carboxylic acids is 4. The molecule has 12 heteroatoms. The highest BCUT2D eigenvalue weighted by atomic mass is 32.2. The number of carbonyl (C=O) groups is 4. The molecule has 43 heavy (non-hydrogen) atoms. The Morgan fingerprint density at radius 1 is 0.977 bits per heavy atom. The molecule has 0 bridgehead atoms. The van der Waals surface area contributed by atoms with Gasteiger partial charge in [-0.25, -0.2) is 4.79 Å². The molecule has 234 valence electrons. The van der Waals surface area contributed by atoms with Crippen molar-refractivity contribution in [2.45, 2.75) is 43.8 Å². The summed E-state index contributed by atoms with van der Waals surface area (Å²) < 4.78 is 10.6. The van der Waals surface area contributed by atoms with Crippen LogP contribution in [-0.2, 0) is 30.3 Å². The third kappa shape index (κ3) is 13.3. The Kier molecular flexibility index (Phi) is 16.5. The molecule has 0 spiro atoms. The maximum absolute atomic E-state index is 13.3. The average Bonchev–Trinajstić information content (AvgIpc) is 3.02. The van der Waals surface area contributed by atoms with Gasteiger partial charge < -0.3 is 36.9 Å². The topological polar surface area (TPSA) is 175 Å². The van der Waals surface area contributed by atoms with E-state index in [1.54, 1.807) is 6.08 Å². The summed E-state index contributed by atoms with van der Waals surface area (Å²) in [7, 11) is 1.24. The molecule has 3 atom stereocenters. The van der Waals surface area contributed by atoms with Gasteiger partial charge in [0.2, 0.25) is 17.7 Å². The monoisotopic (exact) mass is 613 g/mol. The van der Waals surface area contributed by atoms with E-state index in [0.29, 0.717) is 25.1 Å². The number of unbranched alkanes of at least 4 members (excludes halogenated alkanes) is 1. The molecule has 2 rings (SSSR count). The number of hydrogen-bond acceptors (Lipinski definition) is 9. The van der Waals surface area contributed by atoms with Gasteiger partial charge in [0.25, 0.3) is 0 Å². The maximum atomic E-state index is 13.3. The van der Waals surface area contributed by atoms with Crippen LogP contribution in [-0.4, -0.2) is 80.1 Å². The van der Waals surface area contributed by atoms with Gasteiger partial charge >= 0.3 is 5.97 Å². The van der Waals surface area contributed by atoms with Crippen LogP contribution in [0.25, 0.3) is 6.08 Å². The number of methoxy groups -OCH3 is 1. The second-order valence-corrected chi connectivity index (χ2v) is 10.7. The van der Waals surface area contributed by atoms with Gasteiger partial charge in [-0.15, -0.1) is 11.8 Å². The van der Waals surface area contributed by atoms with Crippen LogP contribution in [0, 0.1) is 0 Å². The molecular formula is C31H43N5O6S. The molecule has 7 N–H and O–H groups in total. The molecule has 0 aliphatic carbocycles. The van der Waals surface area contributed by atoms with E-state index < -0.39 is 35.9 Å². The first-order valence-corrected chi connectivity index (χ1v) is 15.3. The van der Waals surface area contributed by atoms with Crippen LogP contribution in [0.15, 0.2) is 61.2 Å². The smallest absolute Gasteiger partial charge is 0.328 e. The summed E-state index contributed by atoms with van der Waals surface area (Å²) in [5.74, 6) is -1.19. The lowest BCUT2D eigenvalue weighted by Crippen LogP contribution is -2.56. The van der Waals surface area contributed by atoms with E-state index in [1.807, 2.05) is 54.6 Å². The van der Waals surface area contributed by atoms with Gasteiger partial charge in [-0.05, 0) is 31.0 Å². The van der Waals surface area contributed by atoms with Gasteiger partial charge in [0.05, 0.1) is 25.4 Å². The molecule has 0 unspecified atom stereocenters. The minimum atomic E-state index is -1.05. The third-order valence-electron chi connectivity index (χ3n) is 6.36. The summed E-state index contributed by atoms with van der Waals surface area (Å²) in [6, 6.07) is 13.8. The van der Waals surface area contributed by atoms with E-state index in [-0.39, 0.29) is 37.0 Å². The molecule has 2 aromatic rings. The Bertz CT molecular complexity index is 1180. The van der Waals surface area contributed by atoms with E-state index in [4.69, 9.17) is 20.9 Å². The van der Waals surface area contributed by atoms with Gasteiger partial charge in [-0.2, -0.15) is 0 Å². The van der Waals surface area contributed by atoms with Crippen molar-refractivity contribution in [2.75, 3.05) is 38.3 Å². The summed E-state index contributed by atoms with van der Waals surface area (Å²) in [6.45, 7) is 4.79. The van der Waals surface area contributed by atoms with Crippen LogP contribution in [0.4, 0.5) is 0 Å². The lowest BCUT2D eigenvalue weighted by atomic mass is 10.1. The number of nitrogens with one attached hydrogen (secondary N) is 3. The van der Waals surface area contributed by atoms with Crippen molar-refractivity contribution in [1.29, 1.82) is 0 Å². The molecule has 0 saturated heterocycles. The molecular weight excluding hydrogens is 570 g/mol. The van der Waals surface area contributed by atoms with Gasteiger partial charge in [-0.1, -0.05) is 67.6 Å². The van der Waals surface area contributed by atoms with Crippen LogP contribution < -0.4 is 32.2 Å². The molecule has 0 saturated carbocycles. The summed E-state index contributed by atoms with van der Waals surface area (Å²) >= 11 is 1.16. The van der Waals surface area contributed by atoms with Crippen LogP contribution >= 0.6 is 11.8 Å². The molecule has 2 aromatic carbocycles. The quantitative estimate of drug-likeness (QED) is 0.109. The van der Waals surface area contributed by atoms with Crippen molar-refractivity contribution in [2.24, 2.45) is 11.5 Å². The minimum Gasteiger partial charge on any atom is -0.491 e. The Labute approximate surface area is 257 Å². The molecule has 3 amide bonds. The number of hydrogen-bond donors (Lipinski definition) is 5. The Morgan fingerprint density at radius 3 is 2.37 bits per heavy atom. The fraction of sp³-hybridized carbons (Fsp3) is 0.419. The van der Waals surface area contributed by atoms with Crippen molar-refractivity contribution in [3.05, 3.63) is 72.3 Å². The van der Waals surface area contributed by atoms with E-state index in [9.17, 15) is 19.2 Å². The summed E-state index contributed by atoms with van der Waals surface area (Å²) in [6.07, 6.45) is 3.69. The van der Waals surface area contributed by atoms with Gasteiger partial charge in [0.1, 0.15) is 24.4 Å². The highest BCUT2D eigenvalue weighted by Gasteiger charge is 2.29. The summed E-state index contributed by atoms with van der Waals surface area (Å²) in [4.78, 5) is 51.0. The lowest BCUT2D eigenvalue weighted by Gasteiger charge is -2.23. The van der Waals surface area contributed by atoms with Gasteiger partial charge in [-0.3, -0.25) is 14.4 Å². The van der Waals surface area contributed by atoms with Crippen LogP contribution in [0.5, 0.6) is 5.75 Å². The second kappa shape index (κ2) is 20.1. The van der Waals surface area contributed by atoms with Crippen LogP contribution in [0.3, 0.4) is 0 Å². The summed E-state index contributed by atoms with van der Waals surface area (Å²) in [5, 5.41) is 8.15. The lowest BCUT2D eigenvalue weighted by molar-refractivity contribution is -0.145. The number of thioether (sulfide) groups is 1. The first kappa shape index (κ1) is 35.3. The first-order chi connectivity index (χ1) is 20.8. The van der Waals surface area contributed by atoms with E-state index in [0.717, 1.165) is 29.3 Å². The molecule has 0 aliphatic heterocycles. The molecule has 0 radical (unpaired) electrons. The number of rotatable bonds is 20. The predicted octanol–water partition coefficient (Wildman–Crippen LogP) is 1.40. The Hall–Kier alpha value is -3.87. The SMILES string of the molecule is C=Cc1ccccc1OCCNC(=O)CSC[C@H](NC(=O)[C@@H](N)CCCCN)C(=O)N[C@@H](Cc1ccccc1)C(=O)OC. The molecule has 0 heterocycles. The van der Waals surface area contributed by atoms with Crippen molar-refractivity contribution in [3.8, 4) is 5.75 Å². The number of ether oxygens (including phenoxy) is 2. The van der Waals surface area contributed by atoms with E-state index >= 15 is 0 Å². The van der Waals surface area contributed by atoms with E-state index in [2.05, 4.69) is 22.5 Å². The number of nitrogens with two attached hydrogens (primary N) is 2. The van der Waals surface area contributed by atoms with Crippen molar-refractivity contribution < 1.29 is 28.7 Å². The van der Waals surface area contributed by atoms with Crippen molar-refractivity contribution >= 4 is 41.5 Å². The highest BCUT2D eigenvalue weighted by Crippen LogP contribution is 2.18.